The Labute approximate surface area is 121 Å². The van der Waals surface area contributed by atoms with Crippen LogP contribution in [0.4, 0.5) is 0 Å². The molecule has 1 rings (SSSR count). The number of nitriles is 1. The third-order valence-electron chi connectivity index (χ3n) is 2.57. The Morgan fingerprint density at radius 1 is 1.40 bits per heavy atom. The van der Waals surface area contributed by atoms with Gasteiger partial charge in [-0.25, -0.2) is 4.79 Å². The molecule has 0 aliphatic carbocycles. The fourth-order valence-corrected chi connectivity index (χ4v) is 2.23. The van der Waals surface area contributed by atoms with E-state index in [1.807, 2.05) is 5.40 Å². The lowest BCUT2D eigenvalue weighted by Crippen LogP contribution is -2.23. The van der Waals surface area contributed by atoms with E-state index >= 15 is 0 Å². The average Bonchev–Trinajstić information content (AvgIpc) is 2.46. The van der Waals surface area contributed by atoms with Crippen LogP contribution >= 0.6 is 11.8 Å². The maximum absolute atomic E-state index is 11.8. The second-order valence-electron chi connectivity index (χ2n) is 3.80. The van der Waals surface area contributed by atoms with Crippen molar-refractivity contribution in [2.24, 2.45) is 0 Å². The van der Waals surface area contributed by atoms with E-state index in [4.69, 9.17) is 14.7 Å². The highest BCUT2D eigenvalue weighted by atomic mass is 32.2. The quantitative estimate of drug-likeness (QED) is 0.591. The van der Waals surface area contributed by atoms with Crippen LogP contribution in [0.5, 0.6) is 0 Å². The topological polar surface area (TPSA) is 76.4 Å². The molecule has 0 unspecified atom stereocenters. The van der Waals surface area contributed by atoms with E-state index in [2.05, 4.69) is 0 Å². The van der Waals surface area contributed by atoms with Gasteiger partial charge in [-0.05, 0) is 36.7 Å². The van der Waals surface area contributed by atoms with Crippen LogP contribution in [0.15, 0.2) is 24.3 Å². The number of hydrogen-bond acceptors (Lipinski definition) is 6. The third kappa shape index (κ3) is 4.28. The van der Waals surface area contributed by atoms with Crippen molar-refractivity contribution in [3.05, 3.63) is 35.4 Å². The van der Waals surface area contributed by atoms with Crippen molar-refractivity contribution < 1.29 is 19.1 Å². The van der Waals surface area contributed by atoms with Crippen LogP contribution in [-0.2, 0) is 20.7 Å². The van der Waals surface area contributed by atoms with Crippen LogP contribution in [0.3, 0.4) is 0 Å². The Kier molecular flexibility index (Phi) is 6.60. The average molecular weight is 293 g/mol. The number of carbonyl (C=O) groups is 2. The molecule has 1 aromatic rings. The molecule has 0 radical (unpaired) electrons. The summed E-state index contributed by atoms with van der Waals surface area (Å²) in [6, 6.07) is 6.84. The lowest BCUT2D eigenvalue weighted by molar-refractivity contribution is -0.142. The monoisotopic (exact) mass is 293 g/mol. The number of thioether (sulfide) groups is 1. The molecular formula is C14H15NO4S. The van der Waals surface area contributed by atoms with Gasteiger partial charge in [-0.2, -0.15) is 5.26 Å². The molecule has 0 N–H and O–H groups in total. The number of methoxy groups -OCH3 is 1. The molecule has 0 bridgehead atoms. The van der Waals surface area contributed by atoms with Gasteiger partial charge in [0.2, 0.25) is 0 Å². The van der Waals surface area contributed by atoms with Gasteiger partial charge in [0.1, 0.15) is 10.7 Å². The first-order chi connectivity index (χ1) is 9.63. The fourth-order valence-electron chi connectivity index (χ4n) is 1.68. The summed E-state index contributed by atoms with van der Waals surface area (Å²) in [4.78, 5) is 23.4. The molecule has 0 aromatic heterocycles. The molecular weight excluding hydrogens is 278 g/mol. The van der Waals surface area contributed by atoms with Crippen LogP contribution in [0, 0.1) is 10.7 Å². The highest BCUT2D eigenvalue weighted by molar-refractivity contribution is 8.04. The molecule has 0 aliphatic heterocycles. The second kappa shape index (κ2) is 8.23. The number of esters is 2. The molecule has 0 fully saturated rings. The zero-order valence-corrected chi connectivity index (χ0v) is 12.1. The minimum atomic E-state index is -0.661. The maximum Gasteiger partial charge on any atom is 0.338 e. The van der Waals surface area contributed by atoms with Crippen LogP contribution in [-0.4, -0.2) is 30.9 Å². The van der Waals surface area contributed by atoms with E-state index in [0.717, 1.165) is 11.8 Å². The van der Waals surface area contributed by atoms with E-state index in [1.165, 1.54) is 7.11 Å². The van der Waals surface area contributed by atoms with Crippen molar-refractivity contribution in [3.63, 3.8) is 0 Å². The van der Waals surface area contributed by atoms with Crippen molar-refractivity contribution in [3.8, 4) is 5.40 Å². The largest absolute Gasteiger partial charge is 0.465 e. The van der Waals surface area contributed by atoms with E-state index in [-0.39, 0.29) is 13.0 Å². The summed E-state index contributed by atoms with van der Waals surface area (Å²) in [6.07, 6.45) is 0.238. The van der Waals surface area contributed by atoms with Crippen LogP contribution in [0.2, 0.25) is 0 Å². The van der Waals surface area contributed by atoms with Gasteiger partial charge in [0.05, 0.1) is 19.3 Å². The van der Waals surface area contributed by atoms with E-state index in [9.17, 15) is 9.59 Å². The van der Waals surface area contributed by atoms with Gasteiger partial charge >= 0.3 is 11.9 Å². The van der Waals surface area contributed by atoms with Gasteiger partial charge in [-0.15, -0.1) is 0 Å². The lowest BCUT2D eigenvalue weighted by atomic mass is 10.0. The minimum Gasteiger partial charge on any atom is -0.465 e. The summed E-state index contributed by atoms with van der Waals surface area (Å²) in [6.45, 7) is 1.95. The zero-order valence-electron chi connectivity index (χ0n) is 11.3. The van der Waals surface area contributed by atoms with Crippen molar-refractivity contribution in [2.45, 2.75) is 18.6 Å². The molecule has 6 heteroatoms. The number of hydrogen-bond donors (Lipinski definition) is 0. The Balaban J connectivity index is 2.97. The molecule has 0 heterocycles. The van der Waals surface area contributed by atoms with Crippen LogP contribution < -0.4 is 0 Å². The molecule has 5 nitrogen and oxygen atoms in total. The van der Waals surface area contributed by atoms with Gasteiger partial charge in [0.25, 0.3) is 0 Å². The number of benzene rings is 1. The third-order valence-corrected chi connectivity index (χ3v) is 3.32. The van der Waals surface area contributed by atoms with Gasteiger partial charge in [0.15, 0.2) is 0 Å². The molecule has 0 spiro atoms. The summed E-state index contributed by atoms with van der Waals surface area (Å²) >= 11 is 0.826. The number of thiocyanates is 1. The lowest BCUT2D eigenvalue weighted by Gasteiger charge is -2.13. The Morgan fingerprint density at radius 2 is 2.10 bits per heavy atom. The van der Waals surface area contributed by atoms with Crippen molar-refractivity contribution in [2.75, 3.05) is 13.7 Å². The predicted octanol–water partition coefficient (Wildman–Crippen LogP) is 2.16. The van der Waals surface area contributed by atoms with E-state index < -0.39 is 17.2 Å². The van der Waals surface area contributed by atoms with Gasteiger partial charge in [-0.1, -0.05) is 18.2 Å². The zero-order chi connectivity index (χ0) is 15.0. The first-order valence-corrected chi connectivity index (χ1v) is 6.89. The molecule has 1 aromatic carbocycles. The van der Waals surface area contributed by atoms with Crippen molar-refractivity contribution in [1.29, 1.82) is 5.26 Å². The summed E-state index contributed by atoms with van der Waals surface area (Å²) in [7, 11) is 1.30. The maximum atomic E-state index is 11.8. The Morgan fingerprint density at radius 3 is 2.70 bits per heavy atom. The SMILES string of the molecule is CCOC(=O)[C@@H](Cc1ccccc1C(=O)OC)SC#N. The molecule has 0 aliphatic rings. The molecule has 1 atom stereocenters. The smallest absolute Gasteiger partial charge is 0.338 e. The standard InChI is InChI=1S/C14H15NO4S/c1-3-19-14(17)12(20-9-15)8-10-6-4-5-7-11(10)13(16)18-2/h4-7,12H,3,8H2,1-2H3/t12-/m1/s1. The highest BCUT2D eigenvalue weighted by Gasteiger charge is 2.23. The number of ether oxygens (including phenoxy) is 2. The van der Waals surface area contributed by atoms with Gasteiger partial charge < -0.3 is 9.47 Å². The second-order valence-corrected chi connectivity index (χ2v) is 4.79. The fraction of sp³-hybridized carbons (Fsp3) is 0.357. The van der Waals surface area contributed by atoms with E-state index in [0.29, 0.717) is 11.1 Å². The van der Waals surface area contributed by atoms with Gasteiger partial charge in [0, 0.05) is 0 Å². The molecule has 106 valence electrons. The normalized spacial score (nSPS) is 11.2. The number of rotatable bonds is 6. The summed E-state index contributed by atoms with van der Waals surface area (Å²) in [5, 5.41) is 10.00. The predicted molar refractivity (Wildman–Crippen MR) is 75.1 cm³/mol. The summed E-state index contributed by atoms with van der Waals surface area (Å²) in [5.74, 6) is -0.927. The van der Waals surface area contributed by atoms with Gasteiger partial charge in [-0.3, -0.25) is 4.79 Å². The van der Waals surface area contributed by atoms with Crippen LogP contribution in [0.25, 0.3) is 0 Å². The summed E-state index contributed by atoms with van der Waals surface area (Å²) < 4.78 is 9.63. The number of carbonyl (C=O) groups excluding carboxylic acids is 2. The Hall–Kier alpha value is -2.00. The first kappa shape index (κ1) is 16.1. The first-order valence-electron chi connectivity index (χ1n) is 6.01. The molecule has 20 heavy (non-hydrogen) atoms. The minimum absolute atomic E-state index is 0.238. The van der Waals surface area contributed by atoms with Crippen molar-refractivity contribution in [1.82, 2.24) is 0 Å². The molecule has 0 saturated heterocycles. The highest BCUT2D eigenvalue weighted by Crippen LogP contribution is 2.20. The van der Waals surface area contributed by atoms with Crippen LogP contribution in [0.1, 0.15) is 22.8 Å². The molecule has 0 amide bonds. The molecule has 0 saturated carbocycles. The summed E-state index contributed by atoms with van der Waals surface area (Å²) in [5.41, 5.74) is 1.04. The Bertz CT molecular complexity index is 524. The van der Waals surface area contributed by atoms with Crippen molar-refractivity contribution >= 4 is 23.7 Å². The van der Waals surface area contributed by atoms with E-state index in [1.54, 1.807) is 31.2 Å². The number of nitrogens with zero attached hydrogens (tertiary/aromatic N) is 1.